The molecule has 3 rings (SSSR count). The van der Waals surface area contributed by atoms with Gasteiger partial charge >= 0.3 is 5.97 Å². The second kappa shape index (κ2) is 5.02. The molecule has 0 unspecified atom stereocenters. The number of hydrogen-bond donors (Lipinski definition) is 0. The molecule has 0 saturated heterocycles. The lowest BCUT2D eigenvalue weighted by Crippen LogP contribution is -1.92. The maximum atomic E-state index is 11.8. The molecule has 96 valence electrons. The summed E-state index contributed by atoms with van der Waals surface area (Å²) in [5, 5.41) is 8.85. The largest absolute Gasteiger partial charge is 0.422 e. The lowest BCUT2D eigenvalue weighted by Gasteiger charge is -2.03. The third-order valence-corrected chi connectivity index (χ3v) is 3.23. The smallest absolute Gasteiger partial charge is 0.344 e. The van der Waals surface area contributed by atoms with Gasteiger partial charge in [-0.15, -0.1) is 0 Å². The maximum Gasteiger partial charge on any atom is 0.344 e. The molecule has 0 saturated carbocycles. The number of fused-ring (bicyclic) bond motifs is 1. The molecule has 0 aliphatic carbocycles. The predicted molar refractivity (Wildman–Crippen MR) is 75.5 cm³/mol. The van der Waals surface area contributed by atoms with Crippen LogP contribution in [0.3, 0.4) is 0 Å². The molecule has 0 spiro atoms. The number of esters is 1. The lowest BCUT2D eigenvalue weighted by atomic mass is 10.0. The van der Waals surface area contributed by atoms with E-state index in [2.05, 4.69) is 6.07 Å². The predicted octanol–water partition coefficient (Wildman–Crippen LogP) is 3.42. The van der Waals surface area contributed by atoms with Crippen LogP contribution in [-0.2, 0) is 11.2 Å². The molecule has 0 aromatic heterocycles. The summed E-state index contributed by atoms with van der Waals surface area (Å²) in [4.78, 5) is 11.8. The molecule has 1 aliphatic heterocycles. The number of rotatable bonds is 2. The van der Waals surface area contributed by atoms with Crippen molar-refractivity contribution in [1.82, 2.24) is 0 Å². The third kappa shape index (κ3) is 2.08. The van der Waals surface area contributed by atoms with Crippen molar-refractivity contribution in [3.05, 3.63) is 70.8 Å². The minimum atomic E-state index is -0.329. The first kappa shape index (κ1) is 12.2. The van der Waals surface area contributed by atoms with Crippen molar-refractivity contribution < 1.29 is 9.53 Å². The molecule has 0 fully saturated rings. The highest BCUT2D eigenvalue weighted by atomic mass is 16.5. The molecule has 0 bridgehead atoms. The monoisotopic (exact) mass is 261 g/mol. The summed E-state index contributed by atoms with van der Waals surface area (Å²) in [6, 6.07) is 17.0. The number of carbonyl (C=O) groups excluding carboxylic acids is 1. The van der Waals surface area contributed by atoms with Crippen LogP contribution in [-0.4, -0.2) is 5.97 Å². The topological polar surface area (TPSA) is 50.1 Å². The summed E-state index contributed by atoms with van der Waals surface area (Å²) < 4.78 is 5.31. The zero-order chi connectivity index (χ0) is 13.9. The van der Waals surface area contributed by atoms with Gasteiger partial charge in [-0.05, 0) is 23.3 Å². The molecule has 3 heteroatoms. The van der Waals surface area contributed by atoms with Gasteiger partial charge in [0.1, 0.15) is 5.76 Å². The van der Waals surface area contributed by atoms with Crippen LogP contribution >= 0.6 is 0 Å². The number of benzene rings is 2. The number of ether oxygens (including phenoxy) is 1. The Hall–Kier alpha value is -2.86. The summed E-state index contributed by atoms with van der Waals surface area (Å²) in [6.45, 7) is 0. The summed E-state index contributed by atoms with van der Waals surface area (Å²) >= 11 is 0. The minimum absolute atomic E-state index is 0.329. The highest BCUT2D eigenvalue weighted by molar-refractivity contribution is 6.05. The zero-order valence-corrected chi connectivity index (χ0v) is 10.7. The molecule has 0 atom stereocenters. The molecule has 1 heterocycles. The Morgan fingerprint density at radius 2 is 1.75 bits per heavy atom. The van der Waals surface area contributed by atoms with E-state index in [1.807, 2.05) is 48.5 Å². The van der Waals surface area contributed by atoms with Crippen molar-refractivity contribution in [2.75, 3.05) is 0 Å². The van der Waals surface area contributed by atoms with Gasteiger partial charge in [0.25, 0.3) is 0 Å². The summed E-state index contributed by atoms with van der Waals surface area (Å²) in [6.07, 6.45) is 2.14. The van der Waals surface area contributed by atoms with Gasteiger partial charge in [-0.25, -0.2) is 4.79 Å². The van der Waals surface area contributed by atoms with Gasteiger partial charge < -0.3 is 4.74 Å². The summed E-state index contributed by atoms with van der Waals surface area (Å²) in [5.74, 6) is 0.209. The molecule has 2 aromatic rings. The second-order valence-corrected chi connectivity index (χ2v) is 4.48. The highest BCUT2D eigenvalue weighted by Crippen LogP contribution is 2.31. The number of nitriles is 1. The van der Waals surface area contributed by atoms with Gasteiger partial charge in [0, 0.05) is 5.56 Å². The van der Waals surface area contributed by atoms with Crippen molar-refractivity contribution in [2.24, 2.45) is 0 Å². The SMILES string of the molecule is N#CCc1ccccc1C=C1OC(=O)c2ccccc21. The number of cyclic esters (lactones) is 1. The van der Waals surface area contributed by atoms with Crippen molar-refractivity contribution in [1.29, 1.82) is 5.26 Å². The molecular formula is C17H11NO2. The molecule has 0 radical (unpaired) electrons. The Morgan fingerprint density at radius 3 is 2.55 bits per heavy atom. The molecule has 3 nitrogen and oxygen atoms in total. The van der Waals surface area contributed by atoms with Crippen LogP contribution in [0, 0.1) is 11.3 Å². The number of carbonyl (C=O) groups is 1. The van der Waals surface area contributed by atoms with Gasteiger partial charge in [0.05, 0.1) is 18.1 Å². The first-order valence-electron chi connectivity index (χ1n) is 6.28. The Kier molecular flexibility index (Phi) is 3.06. The van der Waals surface area contributed by atoms with Gasteiger partial charge in [0.15, 0.2) is 0 Å². The quantitative estimate of drug-likeness (QED) is 0.778. The van der Waals surface area contributed by atoms with Gasteiger partial charge in [-0.3, -0.25) is 0 Å². The molecule has 1 aliphatic rings. The number of nitrogens with zero attached hydrogens (tertiary/aromatic N) is 1. The van der Waals surface area contributed by atoms with Gasteiger partial charge in [-0.1, -0.05) is 42.5 Å². The van der Waals surface area contributed by atoms with E-state index in [1.165, 1.54) is 0 Å². The average Bonchev–Trinajstić information content (AvgIpc) is 2.79. The van der Waals surface area contributed by atoms with E-state index in [0.29, 0.717) is 17.7 Å². The van der Waals surface area contributed by atoms with Gasteiger partial charge in [-0.2, -0.15) is 5.26 Å². The first-order chi connectivity index (χ1) is 9.79. The van der Waals surface area contributed by atoms with E-state index in [0.717, 1.165) is 16.7 Å². The molecule has 2 aromatic carbocycles. The normalized spacial score (nSPS) is 14.8. The summed E-state index contributed by atoms with van der Waals surface area (Å²) in [5.41, 5.74) is 3.19. The van der Waals surface area contributed by atoms with Crippen LogP contribution in [0.2, 0.25) is 0 Å². The summed E-state index contributed by atoms with van der Waals surface area (Å²) in [7, 11) is 0. The standard InChI is InChI=1S/C17H11NO2/c18-10-9-12-5-1-2-6-13(12)11-16-14-7-3-4-8-15(14)17(19)20-16/h1-8,11H,9H2. The maximum absolute atomic E-state index is 11.8. The van der Waals surface area contributed by atoms with Crippen LogP contribution in [0.5, 0.6) is 0 Å². The Labute approximate surface area is 116 Å². The van der Waals surface area contributed by atoms with E-state index < -0.39 is 0 Å². The first-order valence-corrected chi connectivity index (χ1v) is 6.28. The Balaban J connectivity index is 2.07. The van der Waals surface area contributed by atoms with E-state index in [4.69, 9.17) is 10.00 Å². The van der Waals surface area contributed by atoms with Crippen molar-refractivity contribution in [3.8, 4) is 6.07 Å². The van der Waals surface area contributed by atoms with Crippen LogP contribution in [0.25, 0.3) is 11.8 Å². The highest BCUT2D eigenvalue weighted by Gasteiger charge is 2.25. The minimum Gasteiger partial charge on any atom is -0.422 e. The number of hydrogen-bond acceptors (Lipinski definition) is 3. The zero-order valence-electron chi connectivity index (χ0n) is 10.7. The van der Waals surface area contributed by atoms with Crippen LogP contribution in [0.15, 0.2) is 48.5 Å². The van der Waals surface area contributed by atoms with Crippen molar-refractivity contribution >= 4 is 17.8 Å². The van der Waals surface area contributed by atoms with E-state index in [9.17, 15) is 4.79 Å². The van der Waals surface area contributed by atoms with E-state index in [1.54, 1.807) is 6.07 Å². The molecule has 20 heavy (non-hydrogen) atoms. The molecular weight excluding hydrogens is 250 g/mol. The average molecular weight is 261 g/mol. The van der Waals surface area contributed by atoms with E-state index in [-0.39, 0.29) is 5.97 Å². The van der Waals surface area contributed by atoms with Crippen molar-refractivity contribution in [2.45, 2.75) is 6.42 Å². The van der Waals surface area contributed by atoms with Crippen LogP contribution < -0.4 is 0 Å². The Morgan fingerprint density at radius 1 is 1.05 bits per heavy atom. The van der Waals surface area contributed by atoms with Crippen molar-refractivity contribution in [3.63, 3.8) is 0 Å². The lowest BCUT2D eigenvalue weighted by molar-refractivity contribution is 0.0717. The van der Waals surface area contributed by atoms with Crippen LogP contribution in [0.4, 0.5) is 0 Å². The van der Waals surface area contributed by atoms with Crippen LogP contribution in [0.1, 0.15) is 27.0 Å². The fourth-order valence-corrected chi connectivity index (χ4v) is 2.26. The molecule has 0 amide bonds. The fraction of sp³-hybridized carbons (Fsp3) is 0.0588. The molecule has 0 N–H and O–H groups in total. The van der Waals surface area contributed by atoms with E-state index >= 15 is 0 Å². The van der Waals surface area contributed by atoms with Gasteiger partial charge in [0.2, 0.25) is 0 Å². The fourth-order valence-electron chi connectivity index (χ4n) is 2.26. The second-order valence-electron chi connectivity index (χ2n) is 4.48. The Bertz CT molecular complexity index is 754. The third-order valence-electron chi connectivity index (χ3n) is 3.23.